The van der Waals surface area contributed by atoms with Crippen molar-refractivity contribution in [2.24, 2.45) is 4.99 Å². The van der Waals surface area contributed by atoms with Gasteiger partial charge in [-0.1, -0.05) is 18.7 Å². The molecule has 0 spiro atoms. The molecule has 0 aromatic carbocycles. The summed E-state index contributed by atoms with van der Waals surface area (Å²) in [5.41, 5.74) is 0. The van der Waals surface area contributed by atoms with Crippen molar-refractivity contribution in [2.45, 2.75) is 25.1 Å². The van der Waals surface area contributed by atoms with Crippen molar-refractivity contribution in [3.05, 3.63) is 0 Å². The molecule has 0 amide bonds. The van der Waals surface area contributed by atoms with Crippen LogP contribution in [0.4, 0.5) is 0 Å². The van der Waals surface area contributed by atoms with Crippen molar-refractivity contribution in [1.29, 1.82) is 0 Å². The summed E-state index contributed by atoms with van der Waals surface area (Å²) in [4.78, 5) is 6.55. The Balaban J connectivity index is 2.58. The second kappa shape index (κ2) is 2.82. The Morgan fingerprint density at radius 2 is 2.00 bits per heavy atom. The van der Waals surface area contributed by atoms with Gasteiger partial charge in [-0.05, 0) is 6.92 Å². The number of hydrogen-bond acceptors (Lipinski definition) is 3. The molecule has 1 rings (SSSR count). The first-order chi connectivity index (χ1) is 4.61. The van der Waals surface area contributed by atoms with E-state index in [1.165, 1.54) is 5.17 Å². The number of aliphatic imine (C=N–C) groups is 1. The van der Waals surface area contributed by atoms with Gasteiger partial charge in [0.2, 0.25) is 0 Å². The molecule has 2 nitrogen and oxygen atoms in total. The first-order valence-corrected chi connectivity index (χ1v) is 4.41. The van der Waals surface area contributed by atoms with Crippen LogP contribution >= 0.6 is 11.8 Å². The van der Waals surface area contributed by atoms with Gasteiger partial charge in [-0.15, -0.1) is 0 Å². The van der Waals surface area contributed by atoms with E-state index in [0.717, 1.165) is 0 Å². The molecule has 0 unspecified atom stereocenters. The van der Waals surface area contributed by atoms with Crippen LogP contribution in [-0.4, -0.2) is 35.5 Å². The Kier molecular flexibility index (Phi) is 2.24. The normalized spacial score (nSPS) is 32.2. The molecule has 0 saturated heterocycles. The average Bonchev–Trinajstić information content (AvgIpc) is 2.13. The Labute approximate surface area is 66.7 Å². The standard InChI is InChI=1S/C7H14N2S/c1-5-6(2)10-7(8-5)9(3)4/h5-6H,1-4H3/t5-,6-/m1/s1. The maximum absolute atomic E-state index is 4.47. The highest BCUT2D eigenvalue weighted by atomic mass is 32.2. The first-order valence-electron chi connectivity index (χ1n) is 3.53. The van der Waals surface area contributed by atoms with Crippen LogP contribution in [0.5, 0.6) is 0 Å². The molecule has 0 saturated carbocycles. The summed E-state index contributed by atoms with van der Waals surface area (Å²) in [5, 5.41) is 1.82. The third-order valence-corrected chi connectivity index (χ3v) is 3.11. The SMILES string of the molecule is C[C@H]1N=C(N(C)C)S[C@@H]1C. The third-order valence-electron chi connectivity index (χ3n) is 1.67. The Hall–Kier alpha value is -0.180. The van der Waals surface area contributed by atoms with E-state index >= 15 is 0 Å². The Morgan fingerprint density at radius 3 is 2.20 bits per heavy atom. The van der Waals surface area contributed by atoms with Gasteiger partial charge in [0.1, 0.15) is 0 Å². The largest absolute Gasteiger partial charge is 0.358 e. The van der Waals surface area contributed by atoms with Crippen LogP contribution in [0.25, 0.3) is 0 Å². The molecule has 0 fully saturated rings. The van der Waals surface area contributed by atoms with E-state index in [1.54, 1.807) is 0 Å². The Morgan fingerprint density at radius 1 is 1.40 bits per heavy atom. The predicted molar refractivity (Wildman–Crippen MR) is 47.6 cm³/mol. The summed E-state index contributed by atoms with van der Waals surface area (Å²) in [6, 6.07) is 0.488. The van der Waals surface area contributed by atoms with Crippen LogP contribution in [0.1, 0.15) is 13.8 Å². The lowest BCUT2D eigenvalue weighted by atomic mass is 10.3. The minimum Gasteiger partial charge on any atom is -0.358 e. The molecule has 1 aliphatic rings. The van der Waals surface area contributed by atoms with Crippen LogP contribution in [0.2, 0.25) is 0 Å². The van der Waals surface area contributed by atoms with Gasteiger partial charge in [0.25, 0.3) is 0 Å². The third kappa shape index (κ3) is 1.45. The molecule has 0 aromatic rings. The number of rotatable bonds is 0. The summed E-state index contributed by atoms with van der Waals surface area (Å²) in [7, 11) is 4.08. The monoisotopic (exact) mass is 158 g/mol. The lowest BCUT2D eigenvalue weighted by molar-refractivity contribution is 0.627. The van der Waals surface area contributed by atoms with Gasteiger partial charge < -0.3 is 4.90 Å². The summed E-state index contributed by atoms with van der Waals surface area (Å²) in [5.74, 6) is 0. The summed E-state index contributed by atoms with van der Waals surface area (Å²) in [6.45, 7) is 4.38. The highest BCUT2D eigenvalue weighted by Gasteiger charge is 2.23. The fraction of sp³-hybridized carbons (Fsp3) is 0.857. The van der Waals surface area contributed by atoms with Gasteiger partial charge in [-0.3, -0.25) is 4.99 Å². The highest BCUT2D eigenvalue weighted by molar-refractivity contribution is 8.14. The average molecular weight is 158 g/mol. The van der Waals surface area contributed by atoms with Crippen molar-refractivity contribution >= 4 is 16.9 Å². The van der Waals surface area contributed by atoms with Crippen molar-refractivity contribution in [3.8, 4) is 0 Å². The van der Waals surface area contributed by atoms with Gasteiger partial charge in [0.15, 0.2) is 5.17 Å². The number of nitrogens with zero attached hydrogens (tertiary/aromatic N) is 2. The molecule has 1 aliphatic heterocycles. The van der Waals surface area contributed by atoms with Gasteiger partial charge >= 0.3 is 0 Å². The van der Waals surface area contributed by atoms with E-state index in [1.807, 2.05) is 25.9 Å². The second-order valence-electron chi connectivity index (χ2n) is 2.87. The molecular weight excluding hydrogens is 144 g/mol. The van der Waals surface area contributed by atoms with Gasteiger partial charge in [-0.25, -0.2) is 0 Å². The molecule has 2 atom stereocenters. The summed E-state index contributed by atoms with van der Waals surface area (Å²) in [6.07, 6.45) is 0. The van der Waals surface area contributed by atoms with Gasteiger partial charge in [0.05, 0.1) is 6.04 Å². The molecule has 10 heavy (non-hydrogen) atoms. The maximum atomic E-state index is 4.47. The van der Waals surface area contributed by atoms with E-state index in [9.17, 15) is 0 Å². The zero-order chi connectivity index (χ0) is 7.72. The fourth-order valence-corrected chi connectivity index (χ4v) is 1.82. The lowest BCUT2D eigenvalue weighted by Gasteiger charge is -2.10. The number of hydrogen-bond donors (Lipinski definition) is 0. The van der Waals surface area contributed by atoms with E-state index in [2.05, 4.69) is 23.7 Å². The van der Waals surface area contributed by atoms with Crippen molar-refractivity contribution in [2.75, 3.05) is 14.1 Å². The minimum absolute atomic E-state index is 0.488. The maximum Gasteiger partial charge on any atom is 0.159 e. The van der Waals surface area contributed by atoms with E-state index in [-0.39, 0.29) is 0 Å². The zero-order valence-corrected chi connectivity index (χ0v) is 7.77. The van der Waals surface area contributed by atoms with Crippen LogP contribution in [0.3, 0.4) is 0 Å². The first kappa shape index (κ1) is 7.92. The van der Waals surface area contributed by atoms with Crippen LogP contribution in [0.15, 0.2) is 4.99 Å². The molecule has 3 heteroatoms. The predicted octanol–water partition coefficient (Wildman–Crippen LogP) is 1.43. The van der Waals surface area contributed by atoms with Crippen LogP contribution in [-0.2, 0) is 0 Å². The Bertz CT molecular complexity index is 154. The topological polar surface area (TPSA) is 15.6 Å². The van der Waals surface area contributed by atoms with Crippen molar-refractivity contribution < 1.29 is 0 Å². The van der Waals surface area contributed by atoms with E-state index in [0.29, 0.717) is 11.3 Å². The molecule has 0 N–H and O–H groups in total. The van der Waals surface area contributed by atoms with Gasteiger partial charge in [-0.2, -0.15) is 0 Å². The van der Waals surface area contributed by atoms with E-state index in [4.69, 9.17) is 0 Å². The van der Waals surface area contributed by atoms with Crippen LogP contribution < -0.4 is 0 Å². The molecule has 1 heterocycles. The van der Waals surface area contributed by atoms with Crippen LogP contribution in [0, 0.1) is 0 Å². The molecule has 58 valence electrons. The molecule has 0 radical (unpaired) electrons. The number of amidine groups is 1. The van der Waals surface area contributed by atoms with Crippen molar-refractivity contribution in [3.63, 3.8) is 0 Å². The fourth-order valence-electron chi connectivity index (χ4n) is 0.795. The summed E-state index contributed by atoms with van der Waals surface area (Å²) < 4.78 is 0. The molecule has 0 bridgehead atoms. The van der Waals surface area contributed by atoms with E-state index < -0.39 is 0 Å². The lowest BCUT2D eigenvalue weighted by Crippen LogP contribution is -2.16. The molecule has 0 aromatic heterocycles. The zero-order valence-electron chi connectivity index (χ0n) is 6.96. The van der Waals surface area contributed by atoms with Gasteiger partial charge in [0, 0.05) is 19.3 Å². The smallest absolute Gasteiger partial charge is 0.159 e. The highest BCUT2D eigenvalue weighted by Crippen LogP contribution is 2.26. The minimum atomic E-state index is 0.488. The number of thioether (sulfide) groups is 1. The van der Waals surface area contributed by atoms with Crippen molar-refractivity contribution in [1.82, 2.24) is 4.90 Å². The second-order valence-corrected chi connectivity index (χ2v) is 4.21. The quantitative estimate of drug-likeness (QED) is 0.530. The molecule has 0 aliphatic carbocycles. The summed E-state index contributed by atoms with van der Waals surface area (Å²) >= 11 is 1.86. The molecular formula is C7H14N2S.